The van der Waals surface area contributed by atoms with Gasteiger partial charge in [0.25, 0.3) is 5.56 Å². The van der Waals surface area contributed by atoms with Crippen molar-refractivity contribution in [1.29, 1.82) is 0 Å². The van der Waals surface area contributed by atoms with Crippen molar-refractivity contribution in [2.24, 2.45) is 0 Å². The number of nitrogens with one attached hydrogen (secondary N) is 2. The zero-order chi connectivity index (χ0) is 16.0. The van der Waals surface area contributed by atoms with E-state index in [0.717, 1.165) is 30.3 Å². The Morgan fingerprint density at radius 1 is 1.39 bits per heavy atom. The second-order valence-electron chi connectivity index (χ2n) is 5.94. The second kappa shape index (κ2) is 5.63. The third kappa shape index (κ3) is 2.34. The SMILES string of the molecule is O=c1[nH]cnc2c3cc(Cl)ccc3n([C@@H]3CCCNC[C@H]3O)c12. The molecule has 23 heavy (non-hydrogen) atoms. The molecule has 1 saturated heterocycles. The lowest BCUT2D eigenvalue weighted by molar-refractivity contribution is 0.119. The maximum absolute atomic E-state index is 12.4. The first-order chi connectivity index (χ1) is 11.2. The fourth-order valence-electron chi connectivity index (χ4n) is 3.50. The first-order valence-corrected chi connectivity index (χ1v) is 8.10. The van der Waals surface area contributed by atoms with Gasteiger partial charge >= 0.3 is 0 Å². The highest BCUT2D eigenvalue weighted by molar-refractivity contribution is 6.31. The molecule has 1 aromatic carbocycles. The van der Waals surface area contributed by atoms with E-state index in [-0.39, 0.29) is 11.6 Å². The summed E-state index contributed by atoms with van der Waals surface area (Å²) >= 11 is 6.13. The van der Waals surface area contributed by atoms with Crippen LogP contribution in [0.5, 0.6) is 0 Å². The molecule has 0 unspecified atom stereocenters. The van der Waals surface area contributed by atoms with Crippen molar-refractivity contribution in [2.75, 3.05) is 13.1 Å². The van der Waals surface area contributed by atoms with Gasteiger partial charge in [0.1, 0.15) is 11.0 Å². The smallest absolute Gasteiger partial charge is 0.275 e. The van der Waals surface area contributed by atoms with E-state index >= 15 is 0 Å². The maximum atomic E-state index is 12.4. The number of rotatable bonds is 1. The van der Waals surface area contributed by atoms with Crippen LogP contribution in [0, 0.1) is 0 Å². The number of hydrogen-bond donors (Lipinski definition) is 3. The fraction of sp³-hybridized carbons (Fsp3) is 0.375. The summed E-state index contributed by atoms with van der Waals surface area (Å²) in [7, 11) is 0. The van der Waals surface area contributed by atoms with Crippen molar-refractivity contribution in [3.63, 3.8) is 0 Å². The zero-order valence-electron chi connectivity index (χ0n) is 12.4. The Labute approximate surface area is 137 Å². The first-order valence-electron chi connectivity index (χ1n) is 7.72. The van der Waals surface area contributed by atoms with Crippen LogP contribution in [0.1, 0.15) is 18.9 Å². The van der Waals surface area contributed by atoms with Crippen LogP contribution in [0.3, 0.4) is 0 Å². The minimum absolute atomic E-state index is 0.170. The Kier molecular flexibility index (Phi) is 3.60. The minimum Gasteiger partial charge on any atom is -0.390 e. The van der Waals surface area contributed by atoms with Crippen molar-refractivity contribution in [3.8, 4) is 0 Å². The summed E-state index contributed by atoms with van der Waals surface area (Å²) in [4.78, 5) is 19.4. The quantitative estimate of drug-likeness (QED) is 0.634. The van der Waals surface area contributed by atoms with Crippen LogP contribution >= 0.6 is 11.6 Å². The molecule has 3 heterocycles. The fourth-order valence-corrected chi connectivity index (χ4v) is 3.67. The number of nitrogens with zero attached hydrogens (tertiary/aromatic N) is 2. The van der Waals surface area contributed by atoms with Crippen LogP contribution in [-0.4, -0.2) is 38.8 Å². The molecule has 1 aliphatic heterocycles. The van der Waals surface area contributed by atoms with Crippen LogP contribution in [-0.2, 0) is 0 Å². The second-order valence-corrected chi connectivity index (χ2v) is 6.38. The molecule has 3 aromatic rings. The van der Waals surface area contributed by atoms with Gasteiger partial charge in [0.15, 0.2) is 0 Å². The lowest BCUT2D eigenvalue weighted by Crippen LogP contribution is -2.32. The third-order valence-corrected chi connectivity index (χ3v) is 4.76. The van der Waals surface area contributed by atoms with Crippen LogP contribution in [0.2, 0.25) is 5.02 Å². The Morgan fingerprint density at radius 3 is 3.13 bits per heavy atom. The number of aromatic nitrogens is 3. The van der Waals surface area contributed by atoms with Gasteiger partial charge in [-0.25, -0.2) is 4.98 Å². The van der Waals surface area contributed by atoms with Crippen LogP contribution in [0.4, 0.5) is 0 Å². The summed E-state index contributed by atoms with van der Waals surface area (Å²) < 4.78 is 1.94. The van der Waals surface area contributed by atoms with Crippen LogP contribution in [0.15, 0.2) is 29.3 Å². The van der Waals surface area contributed by atoms with E-state index in [9.17, 15) is 9.90 Å². The molecule has 2 aromatic heterocycles. The van der Waals surface area contributed by atoms with Gasteiger partial charge in [-0.3, -0.25) is 4.79 Å². The molecule has 0 bridgehead atoms. The van der Waals surface area contributed by atoms with Crippen molar-refractivity contribution in [1.82, 2.24) is 19.9 Å². The van der Waals surface area contributed by atoms with E-state index in [1.807, 2.05) is 16.7 Å². The molecule has 120 valence electrons. The third-order valence-electron chi connectivity index (χ3n) is 4.53. The Hall–Kier alpha value is -1.89. The molecule has 6 nitrogen and oxygen atoms in total. The maximum Gasteiger partial charge on any atom is 0.275 e. The molecule has 3 N–H and O–H groups in total. The molecule has 0 amide bonds. The molecule has 1 fully saturated rings. The predicted molar refractivity (Wildman–Crippen MR) is 90.0 cm³/mol. The molecule has 0 radical (unpaired) electrons. The Morgan fingerprint density at radius 2 is 2.26 bits per heavy atom. The number of aliphatic hydroxyl groups is 1. The lowest BCUT2D eigenvalue weighted by Gasteiger charge is -2.23. The Bertz CT molecular complexity index is 933. The lowest BCUT2D eigenvalue weighted by atomic mass is 10.1. The zero-order valence-corrected chi connectivity index (χ0v) is 13.2. The minimum atomic E-state index is -0.563. The average molecular weight is 333 g/mol. The summed E-state index contributed by atoms with van der Waals surface area (Å²) in [6.45, 7) is 1.38. The summed E-state index contributed by atoms with van der Waals surface area (Å²) in [5.74, 6) is 0. The topological polar surface area (TPSA) is 82.9 Å². The number of halogens is 1. The molecule has 0 aliphatic carbocycles. The standard InChI is InChI=1S/C16H17ClN4O2/c17-9-3-4-11-10(6-9)14-15(16(23)20-8-19-14)21(11)12-2-1-5-18-7-13(12)22/h3-4,6,8,12-13,18,22H,1-2,5,7H2,(H,19,20,23)/t12-,13-/m1/s1. The largest absolute Gasteiger partial charge is 0.390 e. The number of aromatic amines is 1. The van der Waals surface area contributed by atoms with Gasteiger partial charge in [-0.2, -0.15) is 0 Å². The normalized spacial score (nSPS) is 22.5. The number of aliphatic hydroxyl groups excluding tert-OH is 1. The van der Waals surface area contributed by atoms with Gasteiger partial charge in [0, 0.05) is 17.0 Å². The number of H-pyrrole nitrogens is 1. The van der Waals surface area contributed by atoms with E-state index in [0.29, 0.717) is 22.6 Å². The molecule has 7 heteroatoms. The molecule has 2 atom stereocenters. The number of hydrogen-bond acceptors (Lipinski definition) is 4. The summed E-state index contributed by atoms with van der Waals surface area (Å²) in [5.41, 5.74) is 1.79. The molecule has 4 rings (SSSR count). The van der Waals surface area contributed by atoms with Gasteiger partial charge in [-0.05, 0) is 37.6 Å². The van der Waals surface area contributed by atoms with E-state index in [4.69, 9.17) is 11.6 Å². The van der Waals surface area contributed by atoms with Gasteiger partial charge in [0.05, 0.1) is 24.0 Å². The van der Waals surface area contributed by atoms with Crippen molar-refractivity contribution >= 4 is 33.5 Å². The average Bonchev–Trinajstić information content (AvgIpc) is 2.70. The van der Waals surface area contributed by atoms with Crippen molar-refractivity contribution < 1.29 is 5.11 Å². The first kappa shape index (κ1) is 14.7. The van der Waals surface area contributed by atoms with E-state index in [2.05, 4.69) is 15.3 Å². The Balaban J connectivity index is 2.08. The monoisotopic (exact) mass is 332 g/mol. The highest BCUT2D eigenvalue weighted by Gasteiger charge is 2.27. The van der Waals surface area contributed by atoms with Crippen LogP contribution < -0.4 is 10.9 Å². The van der Waals surface area contributed by atoms with Gasteiger partial charge in [-0.1, -0.05) is 11.6 Å². The number of β-amino-alcohol motifs (C(OH)–C–C–N with tert-alkyl or cyclic N) is 1. The number of benzene rings is 1. The van der Waals surface area contributed by atoms with E-state index in [1.165, 1.54) is 6.33 Å². The van der Waals surface area contributed by atoms with Crippen LogP contribution in [0.25, 0.3) is 21.9 Å². The van der Waals surface area contributed by atoms with Gasteiger partial charge < -0.3 is 20.0 Å². The highest BCUT2D eigenvalue weighted by atomic mass is 35.5. The summed E-state index contributed by atoms with van der Waals surface area (Å²) in [6.07, 6.45) is 2.57. The molecular formula is C16H17ClN4O2. The van der Waals surface area contributed by atoms with Crippen molar-refractivity contribution in [2.45, 2.75) is 25.0 Å². The summed E-state index contributed by atoms with van der Waals surface area (Å²) in [6, 6.07) is 5.35. The number of fused-ring (bicyclic) bond motifs is 3. The van der Waals surface area contributed by atoms with Gasteiger partial charge in [0.2, 0.25) is 0 Å². The van der Waals surface area contributed by atoms with Gasteiger partial charge in [-0.15, -0.1) is 0 Å². The molecule has 0 spiro atoms. The van der Waals surface area contributed by atoms with E-state index in [1.54, 1.807) is 6.07 Å². The summed E-state index contributed by atoms with van der Waals surface area (Å²) in [5, 5.41) is 15.2. The molecule has 1 aliphatic rings. The highest BCUT2D eigenvalue weighted by Crippen LogP contribution is 2.33. The van der Waals surface area contributed by atoms with Crippen molar-refractivity contribution in [3.05, 3.63) is 39.9 Å². The molecular weight excluding hydrogens is 316 g/mol. The van der Waals surface area contributed by atoms with E-state index < -0.39 is 6.10 Å². The molecule has 0 saturated carbocycles. The predicted octanol–water partition coefficient (Wildman–Crippen LogP) is 1.82.